The number of likely N-dealkylation sites (tertiary alicyclic amines) is 1. The number of aromatic nitrogens is 1. The van der Waals surface area contributed by atoms with Crippen molar-refractivity contribution in [2.24, 2.45) is 10.7 Å². The molecule has 0 radical (unpaired) electrons. The van der Waals surface area contributed by atoms with E-state index in [0.29, 0.717) is 5.96 Å². The van der Waals surface area contributed by atoms with Crippen LogP contribution in [-0.4, -0.2) is 35.5 Å². The number of hydrogen-bond donors (Lipinski definition) is 2. The Balaban J connectivity index is 1.67. The molecule has 4 heteroatoms. The smallest absolute Gasteiger partial charge is 0.191 e. The summed E-state index contributed by atoms with van der Waals surface area (Å²) >= 11 is 0. The summed E-state index contributed by atoms with van der Waals surface area (Å²) in [5, 5.41) is 1.29. The lowest BCUT2D eigenvalue weighted by molar-refractivity contribution is 0.296. The lowest BCUT2D eigenvalue weighted by Crippen LogP contribution is -2.46. The fourth-order valence-electron chi connectivity index (χ4n) is 2.30. The molecular formula is C14H18N4. The number of aliphatic imine (C=N–C) groups is 1. The van der Waals surface area contributed by atoms with Crippen LogP contribution in [0.1, 0.15) is 12.0 Å². The second-order valence-electron chi connectivity index (χ2n) is 4.69. The summed E-state index contributed by atoms with van der Waals surface area (Å²) in [6.45, 7) is 2.87. The van der Waals surface area contributed by atoms with Crippen molar-refractivity contribution in [1.82, 2.24) is 9.88 Å². The molecule has 0 bridgehead atoms. The summed E-state index contributed by atoms with van der Waals surface area (Å²) in [6.07, 6.45) is 4.15. The van der Waals surface area contributed by atoms with Crippen molar-refractivity contribution < 1.29 is 0 Å². The van der Waals surface area contributed by atoms with Crippen molar-refractivity contribution in [2.45, 2.75) is 12.8 Å². The van der Waals surface area contributed by atoms with E-state index in [1.54, 1.807) is 0 Å². The van der Waals surface area contributed by atoms with Gasteiger partial charge < -0.3 is 15.6 Å². The van der Waals surface area contributed by atoms with Crippen molar-refractivity contribution >= 4 is 16.9 Å². The number of rotatable bonds is 3. The van der Waals surface area contributed by atoms with E-state index in [1.807, 2.05) is 6.20 Å². The number of nitrogens with zero attached hydrogens (tertiary/aromatic N) is 2. The van der Waals surface area contributed by atoms with E-state index >= 15 is 0 Å². The number of hydrogen-bond acceptors (Lipinski definition) is 1. The number of guanidine groups is 1. The molecule has 1 aliphatic heterocycles. The van der Waals surface area contributed by atoms with Gasteiger partial charge in [-0.1, -0.05) is 12.1 Å². The van der Waals surface area contributed by atoms with Crippen molar-refractivity contribution in [3.05, 3.63) is 36.0 Å². The highest BCUT2D eigenvalue weighted by Crippen LogP contribution is 2.17. The van der Waals surface area contributed by atoms with E-state index in [0.717, 1.165) is 26.1 Å². The molecule has 0 unspecified atom stereocenters. The summed E-state index contributed by atoms with van der Waals surface area (Å²) in [7, 11) is 0. The molecule has 1 aliphatic rings. The summed E-state index contributed by atoms with van der Waals surface area (Å²) < 4.78 is 0. The number of nitrogens with one attached hydrogen (secondary N) is 1. The second kappa shape index (κ2) is 4.72. The molecule has 2 heterocycles. The third kappa shape index (κ3) is 2.06. The molecular weight excluding hydrogens is 224 g/mol. The monoisotopic (exact) mass is 242 g/mol. The quantitative estimate of drug-likeness (QED) is 0.636. The van der Waals surface area contributed by atoms with Gasteiger partial charge in [-0.25, -0.2) is 0 Å². The molecule has 1 aromatic heterocycles. The lowest BCUT2D eigenvalue weighted by Gasteiger charge is -2.31. The minimum absolute atomic E-state index is 0.697. The van der Waals surface area contributed by atoms with E-state index in [-0.39, 0.29) is 0 Å². The molecule has 1 saturated heterocycles. The van der Waals surface area contributed by atoms with Crippen LogP contribution in [0.25, 0.3) is 10.9 Å². The van der Waals surface area contributed by atoms with Crippen LogP contribution in [0, 0.1) is 0 Å². The molecule has 18 heavy (non-hydrogen) atoms. The zero-order valence-corrected chi connectivity index (χ0v) is 10.4. The summed E-state index contributed by atoms with van der Waals surface area (Å²) in [6, 6.07) is 8.45. The molecule has 94 valence electrons. The number of nitrogens with two attached hydrogens (primary N) is 1. The molecule has 4 nitrogen and oxygen atoms in total. The maximum atomic E-state index is 5.91. The van der Waals surface area contributed by atoms with Gasteiger partial charge in [0.1, 0.15) is 0 Å². The first-order valence-corrected chi connectivity index (χ1v) is 6.44. The number of aromatic amines is 1. The Hall–Kier alpha value is -1.97. The highest BCUT2D eigenvalue weighted by molar-refractivity contribution is 5.83. The van der Waals surface area contributed by atoms with Gasteiger partial charge in [0.25, 0.3) is 0 Å². The first kappa shape index (κ1) is 11.1. The standard InChI is InChI=1S/C14H18N4/c15-14(18-9-2-10-18)17-7-5-11-3-1-4-13-12(11)6-8-16-13/h1,3-4,6,8,16H,2,5,7,9-10H2,(H2,15,17). The van der Waals surface area contributed by atoms with E-state index in [2.05, 4.69) is 39.1 Å². The average molecular weight is 242 g/mol. The number of H-pyrrole nitrogens is 1. The number of benzene rings is 1. The van der Waals surface area contributed by atoms with Gasteiger partial charge >= 0.3 is 0 Å². The van der Waals surface area contributed by atoms with Crippen molar-refractivity contribution in [2.75, 3.05) is 19.6 Å². The van der Waals surface area contributed by atoms with Crippen LogP contribution in [0.2, 0.25) is 0 Å². The van der Waals surface area contributed by atoms with E-state index < -0.39 is 0 Å². The summed E-state index contributed by atoms with van der Waals surface area (Å²) in [5.41, 5.74) is 8.42. The summed E-state index contributed by atoms with van der Waals surface area (Å²) in [5.74, 6) is 0.697. The minimum Gasteiger partial charge on any atom is -0.370 e. The maximum absolute atomic E-state index is 5.91. The van der Waals surface area contributed by atoms with E-state index in [9.17, 15) is 0 Å². The SMILES string of the molecule is NC(=NCCc1cccc2[nH]ccc12)N1CCC1. The van der Waals surface area contributed by atoms with Gasteiger partial charge in [0.2, 0.25) is 0 Å². The Morgan fingerprint density at radius 3 is 3.00 bits per heavy atom. The van der Waals surface area contributed by atoms with Crippen LogP contribution in [0.4, 0.5) is 0 Å². The minimum atomic E-state index is 0.697. The molecule has 3 rings (SSSR count). The van der Waals surface area contributed by atoms with Gasteiger partial charge in [0.05, 0.1) is 0 Å². The fraction of sp³-hybridized carbons (Fsp3) is 0.357. The van der Waals surface area contributed by atoms with Crippen molar-refractivity contribution in [3.8, 4) is 0 Å². The Labute approximate surface area is 107 Å². The Kier molecular flexibility index (Phi) is 2.92. The van der Waals surface area contributed by atoms with Crippen LogP contribution in [0.3, 0.4) is 0 Å². The average Bonchev–Trinajstić information content (AvgIpc) is 2.75. The molecule has 3 N–H and O–H groups in total. The fourth-order valence-corrected chi connectivity index (χ4v) is 2.30. The van der Waals surface area contributed by atoms with Crippen LogP contribution >= 0.6 is 0 Å². The third-order valence-electron chi connectivity index (χ3n) is 3.52. The van der Waals surface area contributed by atoms with Crippen LogP contribution < -0.4 is 5.73 Å². The molecule has 2 aromatic rings. The number of fused-ring (bicyclic) bond motifs is 1. The first-order chi connectivity index (χ1) is 8.84. The third-order valence-corrected chi connectivity index (χ3v) is 3.52. The van der Waals surface area contributed by atoms with Crippen molar-refractivity contribution in [3.63, 3.8) is 0 Å². The predicted molar refractivity (Wildman–Crippen MR) is 74.7 cm³/mol. The Morgan fingerprint density at radius 1 is 1.33 bits per heavy atom. The van der Waals surface area contributed by atoms with E-state index in [1.165, 1.54) is 22.9 Å². The zero-order chi connectivity index (χ0) is 12.4. The summed E-state index contributed by atoms with van der Waals surface area (Å²) in [4.78, 5) is 9.79. The maximum Gasteiger partial charge on any atom is 0.191 e. The van der Waals surface area contributed by atoms with Gasteiger partial charge in [-0.2, -0.15) is 0 Å². The Morgan fingerprint density at radius 2 is 2.22 bits per heavy atom. The molecule has 0 saturated carbocycles. The molecule has 0 spiro atoms. The van der Waals surface area contributed by atoms with Crippen LogP contribution in [0.15, 0.2) is 35.5 Å². The molecule has 1 aromatic carbocycles. The Bertz CT molecular complexity index is 566. The highest BCUT2D eigenvalue weighted by Gasteiger charge is 2.15. The topological polar surface area (TPSA) is 57.4 Å². The normalized spacial score (nSPS) is 16.0. The molecule has 0 amide bonds. The first-order valence-electron chi connectivity index (χ1n) is 6.44. The van der Waals surface area contributed by atoms with Gasteiger partial charge in [-0.05, 0) is 30.5 Å². The van der Waals surface area contributed by atoms with Gasteiger partial charge in [-0.15, -0.1) is 0 Å². The molecule has 0 atom stereocenters. The van der Waals surface area contributed by atoms with Crippen LogP contribution in [-0.2, 0) is 6.42 Å². The second-order valence-corrected chi connectivity index (χ2v) is 4.69. The van der Waals surface area contributed by atoms with Gasteiger partial charge in [0.15, 0.2) is 5.96 Å². The highest BCUT2D eigenvalue weighted by atomic mass is 15.3. The predicted octanol–water partition coefficient (Wildman–Crippen LogP) is 1.73. The molecule has 1 fully saturated rings. The lowest BCUT2D eigenvalue weighted by atomic mass is 10.1. The van der Waals surface area contributed by atoms with Crippen molar-refractivity contribution in [1.29, 1.82) is 0 Å². The van der Waals surface area contributed by atoms with E-state index in [4.69, 9.17) is 5.73 Å². The molecule has 0 aliphatic carbocycles. The van der Waals surface area contributed by atoms with Gasteiger partial charge in [-0.3, -0.25) is 4.99 Å². The zero-order valence-electron chi connectivity index (χ0n) is 10.4. The largest absolute Gasteiger partial charge is 0.370 e. The van der Waals surface area contributed by atoms with Gasteiger partial charge in [0, 0.05) is 36.7 Å². The van der Waals surface area contributed by atoms with Crippen LogP contribution in [0.5, 0.6) is 0 Å².